The predicted molar refractivity (Wildman–Crippen MR) is 55.6 cm³/mol. The van der Waals surface area contributed by atoms with Crippen LogP contribution < -0.4 is 5.32 Å². The minimum absolute atomic E-state index is 0.142. The molecule has 0 aliphatic carbocycles. The zero-order chi connectivity index (χ0) is 10.6. The van der Waals surface area contributed by atoms with Crippen LogP contribution in [0.5, 0.6) is 0 Å². The normalized spacial score (nSPS) is 11.9. The molecule has 0 saturated carbocycles. The van der Waals surface area contributed by atoms with Gasteiger partial charge in [0.2, 0.25) is 5.91 Å². The molecule has 0 bridgehead atoms. The van der Waals surface area contributed by atoms with E-state index in [4.69, 9.17) is 0 Å². The van der Waals surface area contributed by atoms with Crippen molar-refractivity contribution in [2.24, 2.45) is 5.92 Å². The lowest BCUT2D eigenvalue weighted by molar-refractivity contribution is -0.136. The lowest BCUT2D eigenvalue weighted by Gasteiger charge is -2.29. The van der Waals surface area contributed by atoms with E-state index in [2.05, 4.69) is 19.2 Å². The number of carbonyl (C=O) groups excluding carboxylic acids is 1. The summed E-state index contributed by atoms with van der Waals surface area (Å²) in [7, 11) is 3.66. The van der Waals surface area contributed by atoms with E-state index >= 15 is 0 Å². The minimum atomic E-state index is -0.455. The summed E-state index contributed by atoms with van der Waals surface area (Å²) >= 11 is 0. The standard InChI is InChI=1S/C10H22N2O/c1-8(2)7-12(6)9(13)10(3,4)11-5/h8,11H,7H2,1-6H3. The van der Waals surface area contributed by atoms with Gasteiger partial charge in [0.1, 0.15) is 0 Å². The third-order valence-corrected chi connectivity index (χ3v) is 2.15. The second kappa shape index (κ2) is 4.61. The molecule has 0 saturated heterocycles. The Hall–Kier alpha value is -0.570. The van der Waals surface area contributed by atoms with Gasteiger partial charge in [0, 0.05) is 13.6 Å². The minimum Gasteiger partial charge on any atom is -0.344 e. The highest BCUT2D eigenvalue weighted by Gasteiger charge is 2.28. The van der Waals surface area contributed by atoms with Gasteiger partial charge in [-0.25, -0.2) is 0 Å². The Kier molecular flexibility index (Phi) is 4.40. The highest BCUT2D eigenvalue weighted by Crippen LogP contribution is 2.07. The molecular formula is C10H22N2O. The molecule has 3 heteroatoms. The largest absolute Gasteiger partial charge is 0.344 e. The average Bonchev–Trinajstić information content (AvgIpc) is 2.01. The van der Waals surface area contributed by atoms with Gasteiger partial charge in [0.25, 0.3) is 0 Å². The van der Waals surface area contributed by atoms with Gasteiger partial charge >= 0.3 is 0 Å². The number of nitrogens with zero attached hydrogens (tertiary/aromatic N) is 1. The molecule has 0 aromatic rings. The molecule has 0 spiro atoms. The van der Waals surface area contributed by atoms with Crippen LogP contribution in [0.15, 0.2) is 0 Å². The van der Waals surface area contributed by atoms with E-state index in [0.29, 0.717) is 5.92 Å². The maximum Gasteiger partial charge on any atom is 0.242 e. The molecule has 0 heterocycles. The Morgan fingerprint density at radius 2 is 1.92 bits per heavy atom. The molecule has 0 aromatic heterocycles. The Morgan fingerprint density at radius 3 is 2.23 bits per heavy atom. The third kappa shape index (κ3) is 3.77. The van der Waals surface area contributed by atoms with E-state index in [0.717, 1.165) is 6.54 Å². The van der Waals surface area contributed by atoms with Crippen LogP contribution in [0.25, 0.3) is 0 Å². The fourth-order valence-electron chi connectivity index (χ4n) is 1.21. The van der Waals surface area contributed by atoms with Crippen molar-refractivity contribution in [3.63, 3.8) is 0 Å². The van der Waals surface area contributed by atoms with E-state index in [1.54, 1.807) is 11.9 Å². The summed E-state index contributed by atoms with van der Waals surface area (Å²) in [6, 6.07) is 0. The number of hydrogen-bond acceptors (Lipinski definition) is 2. The first-order valence-electron chi connectivity index (χ1n) is 4.75. The number of carbonyl (C=O) groups is 1. The van der Waals surface area contributed by atoms with Crippen LogP contribution >= 0.6 is 0 Å². The lowest BCUT2D eigenvalue weighted by Crippen LogP contribution is -2.52. The molecule has 13 heavy (non-hydrogen) atoms. The van der Waals surface area contributed by atoms with E-state index in [1.807, 2.05) is 20.9 Å². The van der Waals surface area contributed by atoms with E-state index in [-0.39, 0.29) is 5.91 Å². The number of hydrogen-bond donors (Lipinski definition) is 1. The van der Waals surface area contributed by atoms with Gasteiger partial charge in [0.15, 0.2) is 0 Å². The molecule has 0 unspecified atom stereocenters. The molecule has 0 radical (unpaired) electrons. The quantitative estimate of drug-likeness (QED) is 0.713. The van der Waals surface area contributed by atoms with Gasteiger partial charge in [-0.2, -0.15) is 0 Å². The summed E-state index contributed by atoms with van der Waals surface area (Å²) < 4.78 is 0. The van der Waals surface area contributed by atoms with Crippen molar-refractivity contribution in [1.29, 1.82) is 0 Å². The maximum absolute atomic E-state index is 11.8. The molecule has 1 N–H and O–H groups in total. The number of amides is 1. The molecule has 0 rings (SSSR count). The first kappa shape index (κ1) is 12.4. The average molecular weight is 186 g/mol. The van der Waals surface area contributed by atoms with Crippen LogP contribution in [0.3, 0.4) is 0 Å². The fraction of sp³-hybridized carbons (Fsp3) is 0.900. The summed E-state index contributed by atoms with van der Waals surface area (Å²) in [5.74, 6) is 0.658. The molecule has 78 valence electrons. The molecule has 0 atom stereocenters. The predicted octanol–water partition coefficient (Wildman–Crippen LogP) is 1.10. The second-order valence-corrected chi connectivity index (χ2v) is 4.45. The third-order valence-electron chi connectivity index (χ3n) is 2.15. The monoisotopic (exact) mass is 186 g/mol. The van der Waals surface area contributed by atoms with Crippen molar-refractivity contribution >= 4 is 5.91 Å². The van der Waals surface area contributed by atoms with Gasteiger partial charge in [-0.3, -0.25) is 4.79 Å². The fourth-order valence-corrected chi connectivity index (χ4v) is 1.21. The highest BCUT2D eigenvalue weighted by molar-refractivity contribution is 5.85. The van der Waals surface area contributed by atoms with Crippen LogP contribution in [-0.2, 0) is 4.79 Å². The molecule has 0 fully saturated rings. The summed E-state index contributed by atoms with van der Waals surface area (Å²) in [5, 5.41) is 3.00. The first-order valence-corrected chi connectivity index (χ1v) is 4.75. The van der Waals surface area contributed by atoms with E-state index < -0.39 is 5.54 Å². The molecule has 0 aliphatic heterocycles. The van der Waals surface area contributed by atoms with Gasteiger partial charge in [-0.15, -0.1) is 0 Å². The Bertz CT molecular complexity index is 176. The lowest BCUT2D eigenvalue weighted by atomic mass is 10.0. The van der Waals surface area contributed by atoms with Crippen molar-refractivity contribution in [2.75, 3.05) is 20.6 Å². The van der Waals surface area contributed by atoms with Gasteiger partial charge in [0.05, 0.1) is 5.54 Å². The molecular weight excluding hydrogens is 164 g/mol. The maximum atomic E-state index is 11.8. The molecule has 1 amide bonds. The van der Waals surface area contributed by atoms with Crippen LogP contribution in [-0.4, -0.2) is 37.0 Å². The van der Waals surface area contributed by atoms with Gasteiger partial charge in [-0.1, -0.05) is 13.8 Å². The molecule has 0 aliphatic rings. The van der Waals surface area contributed by atoms with Crippen molar-refractivity contribution in [1.82, 2.24) is 10.2 Å². The smallest absolute Gasteiger partial charge is 0.242 e. The number of likely N-dealkylation sites (N-methyl/N-ethyl adjacent to an activating group) is 2. The van der Waals surface area contributed by atoms with Crippen LogP contribution in [0, 0.1) is 5.92 Å². The highest BCUT2D eigenvalue weighted by atomic mass is 16.2. The summed E-state index contributed by atoms with van der Waals surface area (Å²) in [5.41, 5.74) is -0.455. The van der Waals surface area contributed by atoms with Crippen molar-refractivity contribution in [3.05, 3.63) is 0 Å². The SMILES string of the molecule is CNC(C)(C)C(=O)N(C)CC(C)C. The van der Waals surface area contributed by atoms with Crippen LogP contribution in [0.2, 0.25) is 0 Å². The number of nitrogens with one attached hydrogen (secondary N) is 1. The summed E-state index contributed by atoms with van der Waals surface area (Å²) in [6.07, 6.45) is 0. The molecule has 0 aromatic carbocycles. The van der Waals surface area contributed by atoms with E-state index in [1.165, 1.54) is 0 Å². The van der Waals surface area contributed by atoms with E-state index in [9.17, 15) is 4.79 Å². The number of rotatable bonds is 4. The van der Waals surface area contributed by atoms with Crippen LogP contribution in [0.4, 0.5) is 0 Å². The van der Waals surface area contributed by atoms with Gasteiger partial charge < -0.3 is 10.2 Å². The Morgan fingerprint density at radius 1 is 1.46 bits per heavy atom. The van der Waals surface area contributed by atoms with Crippen LogP contribution in [0.1, 0.15) is 27.7 Å². The second-order valence-electron chi connectivity index (χ2n) is 4.45. The Balaban J connectivity index is 4.25. The topological polar surface area (TPSA) is 32.3 Å². The van der Waals surface area contributed by atoms with Crippen molar-refractivity contribution < 1.29 is 4.79 Å². The summed E-state index contributed by atoms with van der Waals surface area (Å²) in [6.45, 7) is 8.81. The van der Waals surface area contributed by atoms with Crippen molar-refractivity contribution in [3.8, 4) is 0 Å². The summed E-state index contributed by atoms with van der Waals surface area (Å²) in [4.78, 5) is 13.6. The zero-order valence-electron chi connectivity index (χ0n) is 9.64. The molecule has 3 nitrogen and oxygen atoms in total. The zero-order valence-corrected chi connectivity index (χ0v) is 9.64. The van der Waals surface area contributed by atoms with Gasteiger partial charge in [-0.05, 0) is 26.8 Å². The Labute approximate surface area is 81.5 Å². The first-order chi connectivity index (χ1) is 5.81. The van der Waals surface area contributed by atoms with Crippen molar-refractivity contribution in [2.45, 2.75) is 33.2 Å².